The number of rotatable bonds is 2. The zero-order valence-corrected chi connectivity index (χ0v) is 14.2. The standard InChI is InChI=1S/C15H10Br2FNS/c16-11-7-13(20-15(11)17)14(19)10-5-6-12(18)9-4-2-1-3-8(9)10/h1-7,14H,19H2. The number of nitrogens with two attached hydrogens (primary N) is 1. The molecule has 1 aromatic heterocycles. The second-order valence-electron chi connectivity index (χ2n) is 4.43. The van der Waals surface area contributed by atoms with E-state index in [-0.39, 0.29) is 11.9 Å². The molecule has 0 fully saturated rings. The van der Waals surface area contributed by atoms with Crippen LogP contribution >= 0.6 is 43.2 Å². The van der Waals surface area contributed by atoms with Gasteiger partial charge in [-0.05, 0) is 54.9 Å². The van der Waals surface area contributed by atoms with E-state index < -0.39 is 0 Å². The minimum absolute atomic E-state index is 0.218. The first-order chi connectivity index (χ1) is 9.58. The average molecular weight is 415 g/mol. The van der Waals surface area contributed by atoms with Crippen LogP contribution in [0.1, 0.15) is 16.5 Å². The van der Waals surface area contributed by atoms with E-state index >= 15 is 0 Å². The molecule has 0 saturated carbocycles. The minimum Gasteiger partial charge on any atom is -0.320 e. The first-order valence-corrected chi connectivity index (χ1v) is 8.35. The normalized spacial score (nSPS) is 12.8. The van der Waals surface area contributed by atoms with Gasteiger partial charge >= 0.3 is 0 Å². The number of fused-ring (bicyclic) bond motifs is 1. The quantitative estimate of drug-likeness (QED) is 0.579. The molecule has 0 bridgehead atoms. The third kappa shape index (κ3) is 2.44. The molecule has 0 amide bonds. The lowest BCUT2D eigenvalue weighted by Crippen LogP contribution is -2.11. The summed E-state index contributed by atoms with van der Waals surface area (Å²) in [5.74, 6) is -0.218. The molecule has 0 aliphatic rings. The lowest BCUT2D eigenvalue weighted by molar-refractivity contribution is 0.639. The summed E-state index contributed by atoms with van der Waals surface area (Å²) in [5.41, 5.74) is 7.29. The number of hydrogen-bond donors (Lipinski definition) is 1. The van der Waals surface area contributed by atoms with Crippen molar-refractivity contribution < 1.29 is 4.39 Å². The highest BCUT2D eigenvalue weighted by Gasteiger charge is 2.17. The predicted octanol–water partition coefficient (Wildman–Crippen LogP) is 5.61. The van der Waals surface area contributed by atoms with Gasteiger partial charge in [0.15, 0.2) is 0 Å². The summed E-state index contributed by atoms with van der Waals surface area (Å²) in [6, 6.07) is 12.4. The Bertz CT molecular complexity index is 765. The van der Waals surface area contributed by atoms with Crippen molar-refractivity contribution >= 4 is 54.0 Å². The molecular formula is C15H10Br2FNS. The third-order valence-corrected chi connectivity index (χ3v) is 6.55. The smallest absolute Gasteiger partial charge is 0.131 e. The Labute approximate surface area is 136 Å². The van der Waals surface area contributed by atoms with Crippen LogP contribution in [0.4, 0.5) is 4.39 Å². The fourth-order valence-electron chi connectivity index (χ4n) is 2.23. The van der Waals surface area contributed by atoms with Gasteiger partial charge in [0.2, 0.25) is 0 Å². The highest BCUT2D eigenvalue weighted by Crippen LogP contribution is 2.38. The van der Waals surface area contributed by atoms with Crippen molar-refractivity contribution in [3.8, 4) is 0 Å². The lowest BCUT2D eigenvalue weighted by Gasteiger charge is -2.13. The molecule has 1 atom stereocenters. The molecule has 0 aliphatic carbocycles. The maximum atomic E-state index is 13.8. The highest BCUT2D eigenvalue weighted by atomic mass is 79.9. The summed E-state index contributed by atoms with van der Waals surface area (Å²) in [4.78, 5) is 1.03. The minimum atomic E-state index is -0.270. The Morgan fingerprint density at radius 2 is 1.75 bits per heavy atom. The van der Waals surface area contributed by atoms with Gasteiger partial charge in [-0.3, -0.25) is 0 Å². The number of hydrogen-bond acceptors (Lipinski definition) is 2. The van der Waals surface area contributed by atoms with Crippen molar-refractivity contribution in [1.29, 1.82) is 0 Å². The van der Waals surface area contributed by atoms with Crippen molar-refractivity contribution in [2.45, 2.75) is 6.04 Å². The van der Waals surface area contributed by atoms with Crippen molar-refractivity contribution in [3.05, 3.63) is 67.0 Å². The van der Waals surface area contributed by atoms with E-state index in [1.807, 2.05) is 24.3 Å². The Kier molecular flexibility index (Phi) is 3.95. The molecule has 2 N–H and O–H groups in total. The molecule has 0 saturated heterocycles. The average Bonchev–Trinajstić information content (AvgIpc) is 2.79. The molecule has 2 aromatic carbocycles. The largest absolute Gasteiger partial charge is 0.320 e. The van der Waals surface area contributed by atoms with Gasteiger partial charge in [-0.2, -0.15) is 0 Å². The monoisotopic (exact) mass is 413 g/mol. The van der Waals surface area contributed by atoms with Crippen LogP contribution in [0.2, 0.25) is 0 Å². The molecule has 0 spiro atoms. The number of benzene rings is 2. The molecule has 5 heteroatoms. The summed E-state index contributed by atoms with van der Waals surface area (Å²) in [5, 5.41) is 1.47. The van der Waals surface area contributed by atoms with Crippen LogP contribution in [0.3, 0.4) is 0 Å². The van der Waals surface area contributed by atoms with Gasteiger partial charge in [0.25, 0.3) is 0 Å². The summed E-state index contributed by atoms with van der Waals surface area (Å²) in [6.45, 7) is 0. The van der Waals surface area contributed by atoms with Gasteiger partial charge in [-0.15, -0.1) is 11.3 Å². The van der Waals surface area contributed by atoms with E-state index in [0.29, 0.717) is 5.39 Å². The fourth-order valence-corrected chi connectivity index (χ4v) is 4.34. The Morgan fingerprint density at radius 1 is 1.05 bits per heavy atom. The maximum absolute atomic E-state index is 13.8. The van der Waals surface area contributed by atoms with Crippen LogP contribution in [-0.4, -0.2) is 0 Å². The van der Waals surface area contributed by atoms with E-state index in [9.17, 15) is 4.39 Å². The van der Waals surface area contributed by atoms with E-state index in [0.717, 1.165) is 24.1 Å². The van der Waals surface area contributed by atoms with E-state index in [2.05, 4.69) is 31.9 Å². The van der Waals surface area contributed by atoms with Crippen LogP contribution in [0.5, 0.6) is 0 Å². The summed E-state index contributed by atoms with van der Waals surface area (Å²) in [6.07, 6.45) is 0. The molecule has 20 heavy (non-hydrogen) atoms. The summed E-state index contributed by atoms with van der Waals surface area (Å²) >= 11 is 8.52. The lowest BCUT2D eigenvalue weighted by atomic mass is 9.98. The molecule has 1 heterocycles. The van der Waals surface area contributed by atoms with Gasteiger partial charge in [0, 0.05) is 14.7 Å². The van der Waals surface area contributed by atoms with Crippen LogP contribution < -0.4 is 5.73 Å². The molecule has 102 valence electrons. The zero-order chi connectivity index (χ0) is 14.3. The van der Waals surface area contributed by atoms with Gasteiger partial charge in [-0.1, -0.05) is 30.3 Å². The van der Waals surface area contributed by atoms with Gasteiger partial charge in [-0.25, -0.2) is 4.39 Å². The Hall–Kier alpha value is -0.750. The van der Waals surface area contributed by atoms with Crippen molar-refractivity contribution in [2.75, 3.05) is 0 Å². The van der Waals surface area contributed by atoms with Crippen molar-refractivity contribution in [1.82, 2.24) is 0 Å². The van der Waals surface area contributed by atoms with Crippen molar-refractivity contribution in [3.63, 3.8) is 0 Å². The van der Waals surface area contributed by atoms with Crippen LogP contribution in [0.25, 0.3) is 10.8 Å². The molecule has 1 nitrogen and oxygen atoms in total. The van der Waals surface area contributed by atoms with Crippen LogP contribution in [0.15, 0.2) is 50.7 Å². The molecular weight excluding hydrogens is 405 g/mol. The summed E-state index contributed by atoms with van der Waals surface area (Å²) < 4.78 is 15.8. The predicted molar refractivity (Wildman–Crippen MR) is 89.7 cm³/mol. The van der Waals surface area contributed by atoms with Crippen molar-refractivity contribution in [2.24, 2.45) is 5.73 Å². The topological polar surface area (TPSA) is 26.0 Å². The first kappa shape index (κ1) is 14.2. The molecule has 3 rings (SSSR count). The van der Waals surface area contributed by atoms with E-state index in [4.69, 9.17) is 5.73 Å². The van der Waals surface area contributed by atoms with Gasteiger partial charge in [0.1, 0.15) is 5.82 Å². The number of thiophene rings is 1. The SMILES string of the molecule is NC(c1cc(Br)c(Br)s1)c1ccc(F)c2ccccc12. The first-order valence-electron chi connectivity index (χ1n) is 5.95. The molecule has 3 aromatic rings. The third-order valence-electron chi connectivity index (χ3n) is 3.21. The molecule has 0 aliphatic heterocycles. The maximum Gasteiger partial charge on any atom is 0.131 e. The summed E-state index contributed by atoms with van der Waals surface area (Å²) in [7, 11) is 0. The second kappa shape index (κ2) is 5.56. The Morgan fingerprint density at radius 3 is 2.40 bits per heavy atom. The van der Waals surface area contributed by atoms with Gasteiger partial charge in [0.05, 0.1) is 9.83 Å². The van der Waals surface area contributed by atoms with Gasteiger partial charge < -0.3 is 5.73 Å². The molecule has 1 unspecified atom stereocenters. The molecule has 0 radical (unpaired) electrons. The second-order valence-corrected chi connectivity index (χ2v) is 7.69. The fraction of sp³-hybridized carbons (Fsp3) is 0.0667. The zero-order valence-electron chi connectivity index (χ0n) is 10.2. The van der Waals surface area contributed by atoms with E-state index in [1.54, 1.807) is 23.5 Å². The van der Waals surface area contributed by atoms with Crippen LogP contribution in [0, 0.1) is 5.82 Å². The van der Waals surface area contributed by atoms with E-state index in [1.165, 1.54) is 6.07 Å². The number of halogens is 3. The van der Waals surface area contributed by atoms with Crippen LogP contribution in [-0.2, 0) is 0 Å². The highest BCUT2D eigenvalue weighted by molar-refractivity contribution is 9.13. The Balaban J connectivity index is 2.17.